The number of benzene rings is 2. The molecule has 46 heavy (non-hydrogen) atoms. The van der Waals surface area contributed by atoms with E-state index < -0.39 is 56.6 Å². The number of aliphatic hydroxyl groups is 1. The summed E-state index contributed by atoms with van der Waals surface area (Å²) in [5.74, 6) is 2.41. The number of halogens is 1. The number of nitrogens with one attached hydrogen (secondary N) is 1. The topological polar surface area (TPSA) is 150 Å². The Morgan fingerprint density at radius 2 is 1.96 bits per heavy atom. The highest BCUT2D eigenvalue weighted by molar-refractivity contribution is 7.52. The van der Waals surface area contributed by atoms with Crippen molar-refractivity contribution in [2.45, 2.75) is 63.9 Å². The molecule has 4 aromatic rings. The largest absolute Gasteiger partial charge is 0.462 e. The summed E-state index contributed by atoms with van der Waals surface area (Å²) >= 11 is 0. The fraction of sp³-hybridized carbons (Fsp3) is 0.419. The van der Waals surface area contributed by atoms with Gasteiger partial charge in [-0.2, -0.15) is 5.09 Å². The molecule has 2 aromatic carbocycles. The van der Waals surface area contributed by atoms with Crippen molar-refractivity contribution in [1.82, 2.24) is 24.6 Å². The number of aromatic nitrogens is 4. The lowest BCUT2D eigenvalue weighted by molar-refractivity contribution is -0.149. The van der Waals surface area contributed by atoms with Crippen molar-refractivity contribution in [3.8, 4) is 18.1 Å². The molecule has 244 valence electrons. The second-order valence-electron chi connectivity index (χ2n) is 11.4. The number of carbonyl (C=O) groups excluding carboxylic acids is 1. The number of ether oxygens (including phenoxy) is 2. The molecule has 1 aliphatic rings. The van der Waals surface area contributed by atoms with E-state index in [9.17, 15) is 14.5 Å². The number of fused-ring (bicyclic) bond motifs is 2. The molecule has 1 aliphatic heterocycles. The highest BCUT2D eigenvalue weighted by Gasteiger charge is 2.58. The molecule has 0 saturated carbocycles. The molecule has 13 nitrogen and oxygen atoms in total. The van der Waals surface area contributed by atoms with E-state index in [0.717, 1.165) is 5.39 Å². The van der Waals surface area contributed by atoms with Gasteiger partial charge in [0.05, 0.1) is 19.0 Å². The first-order chi connectivity index (χ1) is 21.8. The van der Waals surface area contributed by atoms with E-state index in [4.69, 9.17) is 24.9 Å². The summed E-state index contributed by atoms with van der Waals surface area (Å²) in [6.07, 6.45) is 1.56. The van der Waals surface area contributed by atoms with Crippen LogP contribution in [0.3, 0.4) is 0 Å². The number of imidazole rings is 1. The highest BCUT2D eigenvalue weighted by atomic mass is 31.2. The Bertz CT molecular complexity index is 1840. The summed E-state index contributed by atoms with van der Waals surface area (Å²) < 4.78 is 54.9. The van der Waals surface area contributed by atoms with Gasteiger partial charge in [-0.15, -0.1) is 6.42 Å². The van der Waals surface area contributed by atoms with Gasteiger partial charge in [-0.1, -0.05) is 42.3 Å². The van der Waals surface area contributed by atoms with E-state index >= 15 is 4.39 Å². The van der Waals surface area contributed by atoms with Crippen LogP contribution in [0.5, 0.6) is 5.75 Å². The molecule has 1 saturated heterocycles. The minimum absolute atomic E-state index is 0.198. The molecule has 6 atom stereocenters. The monoisotopic (exact) mass is 654 g/mol. The number of rotatable bonds is 11. The smallest absolute Gasteiger partial charge is 0.459 e. The number of nitrogens with zero attached hydrogens (tertiary/aromatic N) is 5. The van der Waals surface area contributed by atoms with E-state index in [0.29, 0.717) is 22.5 Å². The molecule has 3 heterocycles. The SMILES string of the molecule is C#C[C@@]1(F)[C@H](O)[C@@H](CO[P@](=O)(N[C@@H](C)C(=O)OC(C)C)Oc2cccc3ccccc23)O[C@H]1n1cnc2c(N(C)C)nc(C)nc21. The zero-order valence-electron chi connectivity index (χ0n) is 26.2. The van der Waals surface area contributed by atoms with Gasteiger partial charge in [0.15, 0.2) is 23.2 Å². The summed E-state index contributed by atoms with van der Waals surface area (Å²) in [4.78, 5) is 27.5. The highest BCUT2D eigenvalue weighted by Crippen LogP contribution is 2.49. The van der Waals surface area contributed by atoms with Gasteiger partial charge < -0.3 is 24.0 Å². The van der Waals surface area contributed by atoms with E-state index in [-0.39, 0.29) is 11.4 Å². The van der Waals surface area contributed by atoms with Gasteiger partial charge in [0, 0.05) is 19.5 Å². The molecule has 2 N–H and O–H groups in total. The van der Waals surface area contributed by atoms with Crippen molar-refractivity contribution in [2.75, 3.05) is 25.6 Å². The fourth-order valence-corrected chi connectivity index (χ4v) is 6.61. The summed E-state index contributed by atoms with van der Waals surface area (Å²) in [5, 5.41) is 15.2. The lowest BCUT2D eigenvalue weighted by atomic mass is 9.97. The minimum atomic E-state index is -4.43. The fourth-order valence-electron chi connectivity index (χ4n) is 5.09. The third-order valence-electron chi connectivity index (χ3n) is 7.29. The normalized spacial score (nSPS) is 23.3. The predicted octanol–water partition coefficient (Wildman–Crippen LogP) is 4.09. The van der Waals surface area contributed by atoms with Crippen LogP contribution >= 0.6 is 7.75 Å². The van der Waals surface area contributed by atoms with Gasteiger partial charge in [-0.3, -0.25) is 13.9 Å². The van der Waals surface area contributed by atoms with Crippen LogP contribution in [0.15, 0.2) is 48.8 Å². The molecule has 0 spiro atoms. The summed E-state index contributed by atoms with van der Waals surface area (Å²) in [7, 11) is -0.876. The number of carbonyl (C=O) groups is 1. The standard InChI is InChI=1S/C31H36FN6O7P/c1-8-31(32)26(39)24(44-30(31)38-17-33-25-27(37(6)7)34-20(5)35-28(25)38)16-42-46(41,36-19(4)29(40)43-18(2)3)45-23-15-11-13-21-12-9-10-14-22(21)23/h1,9-15,17-19,24,26,30,39H,16H2,2-7H3,(H,36,41)/t19-,24+,26+,30+,31+,46+/m0/s1. The Hall–Kier alpha value is -4.12. The Balaban J connectivity index is 1.45. The number of aryl methyl sites for hydroxylation is 1. The van der Waals surface area contributed by atoms with Crippen molar-refractivity contribution < 1.29 is 37.4 Å². The maximum Gasteiger partial charge on any atom is 0.459 e. The number of hydrogen-bond acceptors (Lipinski definition) is 11. The van der Waals surface area contributed by atoms with Crippen LogP contribution < -0.4 is 14.5 Å². The molecule has 1 fully saturated rings. The molecule has 5 rings (SSSR count). The lowest BCUT2D eigenvalue weighted by Gasteiger charge is -2.25. The van der Waals surface area contributed by atoms with E-state index in [1.165, 1.54) is 17.8 Å². The van der Waals surface area contributed by atoms with Crippen LogP contribution in [0.25, 0.3) is 21.9 Å². The number of terminal acetylenes is 1. The van der Waals surface area contributed by atoms with Crippen LogP contribution in [0, 0.1) is 19.3 Å². The predicted molar refractivity (Wildman–Crippen MR) is 169 cm³/mol. The molecule has 15 heteroatoms. The first-order valence-electron chi connectivity index (χ1n) is 14.5. The first kappa shape index (κ1) is 33.2. The van der Waals surface area contributed by atoms with Crippen LogP contribution in [0.1, 0.15) is 32.8 Å². The van der Waals surface area contributed by atoms with Gasteiger partial charge in [-0.05, 0) is 39.1 Å². The Labute approximate surface area is 265 Å². The molecule has 0 aliphatic carbocycles. The number of hydrogen-bond donors (Lipinski definition) is 2. The van der Waals surface area contributed by atoms with Crippen molar-refractivity contribution in [2.24, 2.45) is 0 Å². The second-order valence-corrected chi connectivity index (χ2v) is 13.1. The summed E-state index contributed by atoms with van der Waals surface area (Å²) in [6, 6.07) is 11.3. The average Bonchev–Trinajstić information content (AvgIpc) is 3.53. The molecule has 0 amide bonds. The van der Waals surface area contributed by atoms with Gasteiger partial charge in [0.25, 0.3) is 0 Å². The summed E-state index contributed by atoms with van der Waals surface area (Å²) in [6.45, 7) is 5.82. The molecule has 2 aromatic heterocycles. The van der Waals surface area contributed by atoms with E-state index in [1.807, 2.05) is 24.1 Å². The molecular weight excluding hydrogens is 618 g/mol. The number of aliphatic hydroxyl groups excluding tert-OH is 1. The van der Waals surface area contributed by atoms with Crippen molar-refractivity contribution in [3.05, 3.63) is 54.6 Å². The molecule has 0 bridgehead atoms. The Kier molecular flexibility index (Phi) is 9.35. The van der Waals surface area contributed by atoms with Gasteiger partial charge in [0.2, 0.25) is 5.67 Å². The Morgan fingerprint density at radius 3 is 2.65 bits per heavy atom. The van der Waals surface area contributed by atoms with Gasteiger partial charge >= 0.3 is 13.7 Å². The van der Waals surface area contributed by atoms with Gasteiger partial charge in [-0.25, -0.2) is 23.9 Å². The lowest BCUT2D eigenvalue weighted by Crippen LogP contribution is -2.42. The Morgan fingerprint density at radius 1 is 1.24 bits per heavy atom. The molecule has 0 unspecified atom stereocenters. The van der Waals surface area contributed by atoms with Crippen molar-refractivity contribution in [3.63, 3.8) is 0 Å². The maximum absolute atomic E-state index is 16.4. The quantitative estimate of drug-likeness (QED) is 0.136. The first-order valence-corrected chi connectivity index (χ1v) is 16.1. The number of alkyl halides is 1. The summed E-state index contributed by atoms with van der Waals surface area (Å²) in [5.41, 5.74) is -2.16. The number of anilines is 1. The zero-order chi connectivity index (χ0) is 33.4. The number of esters is 1. The third kappa shape index (κ3) is 6.42. The molecule has 0 radical (unpaired) electrons. The zero-order valence-corrected chi connectivity index (χ0v) is 27.1. The molecular formula is C31H36FN6O7P. The van der Waals surface area contributed by atoms with E-state index in [1.54, 1.807) is 64.0 Å². The van der Waals surface area contributed by atoms with E-state index in [2.05, 4.69) is 20.0 Å². The van der Waals surface area contributed by atoms with Gasteiger partial charge in [0.1, 0.15) is 29.8 Å². The maximum atomic E-state index is 16.4. The van der Waals surface area contributed by atoms with Crippen LogP contribution in [-0.2, 0) is 23.4 Å². The minimum Gasteiger partial charge on any atom is -0.462 e. The van der Waals surface area contributed by atoms with Crippen LogP contribution in [0.2, 0.25) is 0 Å². The second kappa shape index (κ2) is 12.9. The van der Waals surface area contributed by atoms with Crippen molar-refractivity contribution >= 4 is 41.5 Å². The average molecular weight is 655 g/mol. The van der Waals surface area contributed by atoms with Crippen LogP contribution in [0.4, 0.5) is 10.2 Å². The van der Waals surface area contributed by atoms with Crippen molar-refractivity contribution in [1.29, 1.82) is 0 Å². The third-order valence-corrected chi connectivity index (χ3v) is 8.92. The van der Waals surface area contributed by atoms with Crippen LogP contribution in [-0.4, -0.2) is 81.3 Å².